The second-order valence-corrected chi connectivity index (χ2v) is 7.38. The fraction of sp³-hybridized carbons (Fsp3) is 0.550. The summed E-state index contributed by atoms with van der Waals surface area (Å²) in [5.41, 5.74) is 1.32. The minimum absolute atomic E-state index is 0.124. The number of rotatable bonds is 4. The Kier molecular flexibility index (Phi) is 6.32. The molecular formula is C20H28N4O3. The van der Waals surface area contributed by atoms with E-state index in [2.05, 4.69) is 16.0 Å². The molecule has 1 aromatic carbocycles. The van der Waals surface area contributed by atoms with Crippen LogP contribution in [0.25, 0.3) is 0 Å². The van der Waals surface area contributed by atoms with Crippen LogP contribution in [0.2, 0.25) is 0 Å². The number of carbonyl (C=O) groups is 3. The first-order valence-electron chi connectivity index (χ1n) is 9.78. The molecular weight excluding hydrogens is 344 g/mol. The molecule has 1 heterocycles. The summed E-state index contributed by atoms with van der Waals surface area (Å²) in [5, 5.41) is 8.67. The van der Waals surface area contributed by atoms with Crippen molar-refractivity contribution in [2.75, 3.05) is 17.2 Å². The molecule has 3 rings (SSSR count). The van der Waals surface area contributed by atoms with Gasteiger partial charge in [-0.05, 0) is 49.9 Å². The molecule has 4 amide bonds. The molecule has 146 valence electrons. The quantitative estimate of drug-likeness (QED) is 0.758. The molecule has 2 fully saturated rings. The number of likely N-dealkylation sites (tertiary alicyclic amines) is 1. The number of amides is 4. The van der Waals surface area contributed by atoms with E-state index < -0.39 is 6.04 Å². The predicted octanol–water partition coefficient (Wildman–Crippen LogP) is 3.09. The van der Waals surface area contributed by atoms with E-state index in [1.165, 1.54) is 13.3 Å². The lowest BCUT2D eigenvalue weighted by Crippen LogP contribution is -2.50. The zero-order chi connectivity index (χ0) is 19.2. The Labute approximate surface area is 159 Å². The first kappa shape index (κ1) is 19.2. The highest BCUT2D eigenvalue weighted by Crippen LogP contribution is 2.22. The van der Waals surface area contributed by atoms with Gasteiger partial charge in [0, 0.05) is 30.9 Å². The van der Waals surface area contributed by atoms with Gasteiger partial charge in [0.25, 0.3) is 0 Å². The lowest BCUT2D eigenvalue weighted by atomic mass is 9.96. The van der Waals surface area contributed by atoms with Gasteiger partial charge in [-0.1, -0.05) is 19.3 Å². The van der Waals surface area contributed by atoms with E-state index in [-0.39, 0.29) is 23.9 Å². The highest BCUT2D eigenvalue weighted by Gasteiger charge is 2.35. The van der Waals surface area contributed by atoms with Crippen LogP contribution in [0.1, 0.15) is 51.9 Å². The lowest BCUT2D eigenvalue weighted by molar-refractivity contribution is -0.119. The normalized spacial score (nSPS) is 20.2. The fourth-order valence-electron chi connectivity index (χ4n) is 3.85. The second kappa shape index (κ2) is 8.88. The van der Waals surface area contributed by atoms with Gasteiger partial charge >= 0.3 is 6.03 Å². The number of hydrogen-bond acceptors (Lipinski definition) is 3. The van der Waals surface area contributed by atoms with Crippen molar-refractivity contribution < 1.29 is 14.4 Å². The third kappa shape index (κ3) is 5.21. The Balaban J connectivity index is 1.56. The van der Waals surface area contributed by atoms with Crippen molar-refractivity contribution in [2.45, 2.75) is 64.0 Å². The van der Waals surface area contributed by atoms with Crippen LogP contribution in [-0.4, -0.2) is 41.4 Å². The minimum Gasteiger partial charge on any atom is -0.335 e. The summed E-state index contributed by atoms with van der Waals surface area (Å²) in [6.07, 6.45) is 7.11. The van der Waals surface area contributed by atoms with Crippen molar-refractivity contribution in [3.63, 3.8) is 0 Å². The maximum atomic E-state index is 12.7. The van der Waals surface area contributed by atoms with Crippen molar-refractivity contribution in [1.82, 2.24) is 10.2 Å². The van der Waals surface area contributed by atoms with E-state index in [0.29, 0.717) is 24.3 Å². The molecule has 1 saturated heterocycles. The van der Waals surface area contributed by atoms with Gasteiger partial charge in [-0.2, -0.15) is 0 Å². The van der Waals surface area contributed by atoms with Gasteiger partial charge < -0.3 is 20.9 Å². The number of anilines is 2. The van der Waals surface area contributed by atoms with Crippen LogP contribution in [0.3, 0.4) is 0 Å². The van der Waals surface area contributed by atoms with E-state index in [9.17, 15) is 14.4 Å². The van der Waals surface area contributed by atoms with Crippen molar-refractivity contribution in [3.05, 3.63) is 24.3 Å². The number of hydrogen-bond donors (Lipinski definition) is 3. The largest absolute Gasteiger partial charge is 0.335 e. The van der Waals surface area contributed by atoms with Crippen molar-refractivity contribution >= 4 is 29.2 Å². The zero-order valence-corrected chi connectivity index (χ0v) is 15.8. The van der Waals surface area contributed by atoms with Crippen LogP contribution in [0.4, 0.5) is 16.2 Å². The van der Waals surface area contributed by atoms with Crippen molar-refractivity contribution in [3.8, 4) is 0 Å². The Morgan fingerprint density at radius 2 is 1.52 bits per heavy atom. The van der Waals surface area contributed by atoms with Crippen LogP contribution >= 0.6 is 0 Å². The van der Waals surface area contributed by atoms with Gasteiger partial charge in [-0.3, -0.25) is 9.59 Å². The third-order valence-corrected chi connectivity index (χ3v) is 5.22. The van der Waals surface area contributed by atoms with Crippen molar-refractivity contribution in [1.29, 1.82) is 0 Å². The molecule has 1 aromatic rings. The number of benzene rings is 1. The van der Waals surface area contributed by atoms with Gasteiger partial charge in [-0.15, -0.1) is 0 Å². The molecule has 0 unspecified atom stereocenters. The fourth-order valence-corrected chi connectivity index (χ4v) is 3.85. The molecule has 1 aliphatic carbocycles. The monoisotopic (exact) mass is 372 g/mol. The summed E-state index contributed by atoms with van der Waals surface area (Å²) in [4.78, 5) is 38.0. The third-order valence-electron chi connectivity index (χ3n) is 5.22. The van der Waals surface area contributed by atoms with Crippen LogP contribution in [0, 0.1) is 0 Å². The van der Waals surface area contributed by atoms with E-state index in [1.54, 1.807) is 29.2 Å². The molecule has 7 nitrogen and oxygen atoms in total. The molecule has 7 heteroatoms. The number of carbonyl (C=O) groups excluding carboxylic acids is 3. The molecule has 2 aliphatic rings. The van der Waals surface area contributed by atoms with Crippen LogP contribution in [0.5, 0.6) is 0 Å². The van der Waals surface area contributed by atoms with E-state index >= 15 is 0 Å². The van der Waals surface area contributed by atoms with Gasteiger partial charge in [0.2, 0.25) is 11.8 Å². The average molecular weight is 372 g/mol. The number of nitrogens with one attached hydrogen (secondary N) is 3. The average Bonchev–Trinajstić information content (AvgIpc) is 3.14. The molecule has 1 aliphatic heterocycles. The maximum Gasteiger partial charge on any atom is 0.318 e. The molecule has 0 aromatic heterocycles. The zero-order valence-electron chi connectivity index (χ0n) is 15.8. The summed E-state index contributed by atoms with van der Waals surface area (Å²) < 4.78 is 0. The van der Waals surface area contributed by atoms with Crippen LogP contribution in [-0.2, 0) is 9.59 Å². The highest BCUT2D eigenvalue weighted by atomic mass is 16.2. The molecule has 3 N–H and O–H groups in total. The molecule has 0 spiro atoms. The van der Waals surface area contributed by atoms with Crippen molar-refractivity contribution in [2.24, 2.45) is 0 Å². The molecule has 0 radical (unpaired) electrons. The number of nitrogens with zero attached hydrogens (tertiary/aromatic N) is 1. The molecule has 1 atom stereocenters. The van der Waals surface area contributed by atoms with E-state index in [1.807, 2.05) is 0 Å². The minimum atomic E-state index is -0.441. The van der Waals surface area contributed by atoms with Gasteiger partial charge in [0.15, 0.2) is 0 Å². The highest BCUT2D eigenvalue weighted by molar-refractivity contribution is 5.97. The van der Waals surface area contributed by atoms with E-state index in [4.69, 9.17) is 0 Å². The summed E-state index contributed by atoms with van der Waals surface area (Å²) in [5.74, 6) is -0.309. The Morgan fingerprint density at radius 3 is 2.15 bits per heavy atom. The van der Waals surface area contributed by atoms with E-state index in [0.717, 1.165) is 32.1 Å². The molecule has 0 bridgehead atoms. The standard InChI is InChI=1S/C20H28N4O3/c1-14(25)21-16-9-11-17(12-10-16)22-19(26)18-8-5-13-24(18)20(27)23-15-6-3-2-4-7-15/h9-12,15,18H,2-8,13H2,1H3,(H,21,25)(H,22,26)(H,23,27)/t18-/m1/s1. The predicted molar refractivity (Wildman–Crippen MR) is 105 cm³/mol. The first-order chi connectivity index (χ1) is 13.0. The Hall–Kier alpha value is -2.57. The second-order valence-electron chi connectivity index (χ2n) is 7.38. The topological polar surface area (TPSA) is 90.5 Å². The van der Waals surface area contributed by atoms with Gasteiger partial charge in [-0.25, -0.2) is 4.79 Å². The smallest absolute Gasteiger partial charge is 0.318 e. The SMILES string of the molecule is CC(=O)Nc1ccc(NC(=O)[C@H]2CCCN2C(=O)NC2CCCCC2)cc1. The lowest BCUT2D eigenvalue weighted by Gasteiger charge is -2.29. The molecule has 27 heavy (non-hydrogen) atoms. The first-order valence-corrected chi connectivity index (χ1v) is 9.78. The number of urea groups is 1. The van der Waals surface area contributed by atoms with Gasteiger partial charge in [0.1, 0.15) is 6.04 Å². The Morgan fingerprint density at radius 1 is 0.889 bits per heavy atom. The maximum absolute atomic E-state index is 12.7. The van der Waals surface area contributed by atoms with Gasteiger partial charge in [0.05, 0.1) is 0 Å². The van der Waals surface area contributed by atoms with Crippen LogP contribution < -0.4 is 16.0 Å². The summed E-state index contributed by atoms with van der Waals surface area (Å²) >= 11 is 0. The summed E-state index contributed by atoms with van der Waals surface area (Å²) in [7, 11) is 0. The van der Waals surface area contributed by atoms with Crippen LogP contribution in [0.15, 0.2) is 24.3 Å². The summed E-state index contributed by atoms with van der Waals surface area (Å²) in [6.45, 7) is 2.06. The molecule has 1 saturated carbocycles. The summed E-state index contributed by atoms with van der Waals surface area (Å²) in [6, 6.07) is 6.62. The Bertz CT molecular complexity index is 683.